The molecular weight excluding hydrogens is 192 g/mol. The van der Waals surface area contributed by atoms with Crippen LogP contribution in [-0.2, 0) is 19.0 Å². The van der Waals surface area contributed by atoms with Crippen molar-refractivity contribution in [3.05, 3.63) is 0 Å². The number of hydrogen-bond donors (Lipinski definition) is 0. The van der Waals surface area contributed by atoms with E-state index in [1.165, 1.54) is 0 Å². The lowest BCUT2D eigenvalue weighted by molar-refractivity contribution is -0.136. The van der Waals surface area contributed by atoms with Gasteiger partial charge in [0.2, 0.25) is 0 Å². The van der Waals surface area contributed by atoms with Gasteiger partial charge in [-0.2, -0.15) is 0 Å². The first-order valence-corrected chi connectivity index (χ1v) is 3.84. The number of esters is 1. The molecule has 6 nitrogen and oxygen atoms in total. The number of ether oxygens (including phenoxy) is 3. The summed E-state index contributed by atoms with van der Waals surface area (Å²) in [6.07, 6.45) is -2.60. The maximum absolute atomic E-state index is 10.8. The highest BCUT2D eigenvalue weighted by atomic mass is 16.8. The third-order valence-corrected chi connectivity index (χ3v) is 0.783. The molecule has 0 aromatic rings. The van der Waals surface area contributed by atoms with Gasteiger partial charge in [0.05, 0.1) is 0 Å². The molecule has 0 saturated heterocycles. The lowest BCUT2D eigenvalue weighted by Gasteiger charge is -2.17. The van der Waals surface area contributed by atoms with Crippen molar-refractivity contribution in [2.75, 3.05) is 0 Å². The van der Waals surface area contributed by atoms with Crippen LogP contribution in [0.1, 0.15) is 27.7 Å². The maximum atomic E-state index is 10.8. The molecule has 0 radical (unpaired) electrons. The van der Waals surface area contributed by atoms with Crippen LogP contribution >= 0.6 is 0 Å². The fourth-order valence-electron chi connectivity index (χ4n) is 0.477. The van der Waals surface area contributed by atoms with Crippen molar-refractivity contribution >= 4 is 18.3 Å². The fraction of sp³-hybridized carbons (Fsp3) is 0.625. The van der Waals surface area contributed by atoms with Crippen LogP contribution in [0.25, 0.3) is 0 Å². The van der Waals surface area contributed by atoms with Gasteiger partial charge in [-0.15, -0.1) is 0 Å². The van der Waals surface area contributed by atoms with Crippen molar-refractivity contribution in [1.82, 2.24) is 0 Å². The lowest BCUT2D eigenvalue weighted by atomic mass is 10.2. The van der Waals surface area contributed by atoms with Gasteiger partial charge in [-0.1, -0.05) is 0 Å². The number of hydrogen-bond acceptors (Lipinski definition) is 6. The van der Waals surface area contributed by atoms with Crippen molar-refractivity contribution in [1.29, 1.82) is 0 Å². The normalized spacial score (nSPS) is 10.3. The highest BCUT2D eigenvalue weighted by Crippen LogP contribution is 2.08. The van der Waals surface area contributed by atoms with Gasteiger partial charge in [0.1, 0.15) is 5.60 Å². The summed E-state index contributed by atoms with van der Waals surface area (Å²) in [5.74, 6) is -0.862. The Morgan fingerprint density at radius 1 is 0.929 bits per heavy atom. The van der Waals surface area contributed by atoms with E-state index in [2.05, 4.69) is 14.2 Å². The molecule has 0 aliphatic rings. The molecule has 80 valence electrons. The van der Waals surface area contributed by atoms with Crippen molar-refractivity contribution in [2.24, 2.45) is 0 Å². The molecule has 0 amide bonds. The fourth-order valence-corrected chi connectivity index (χ4v) is 0.477. The van der Waals surface area contributed by atoms with E-state index in [4.69, 9.17) is 0 Å². The van der Waals surface area contributed by atoms with E-state index in [1.54, 1.807) is 20.8 Å². The Kier molecular flexibility index (Phi) is 4.07. The Morgan fingerprint density at radius 2 is 1.43 bits per heavy atom. The predicted octanol–water partition coefficient (Wildman–Crippen LogP) is 1.62. The van der Waals surface area contributed by atoms with Crippen molar-refractivity contribution in [3.8, 4) is 0 Å². The second-order valence-corrected chi connectivity index (χ2v) is 3.41. The van der Waals surface area contributed by atoms with Crippen molar-refractivity contribution in [3.63, 3.8) is 0 Å². The summed E-state index contributed by atoms with van der Waals surface area (Å²) < 4.78 is 12.5. The van der Waals surface area contributed by atoms with Crippen LogP contribution in [-0.4, -0.2) is 23.9 Å². The monoisotopic (exact) mass is 204 g/mol. The Bertz CT molecular complexity index is 249. The summed E-state index contributed by atoms with van der Waals surface area (Å²) >= 11 is 0. The highest BCUT2D eigenvalue weighted by Gasteiger charge is 2.21. The molecule has 0 aromatic heterocycles. The summed E-state index contributed by atoms with van der Waals surface area (Å²) in [5.41, 5.74) is -0.770. The third-order valence-electron chi connectivity index (χ3n) is 0.783. The predicted molar refractivity (Wildman–Crippen MR) is 44.5 cm³/mol. The van der Waals surface area contributed by atoms with Crippen LogP contribution < -0.4 is 0 Å². The zero-order chi connectivity index (χ0) is 11.4. The zero-order valence-electron chi connectivity index (χ0n) is 8.45. The third kappa shape index (κ3) is 7.08. The SMILES string of the molecule is CC(=O)OC(=O)OC(=O)OC(C)(C)C. The first kappa shape index (κ1) is 12.4. The van der Waals surface area contributed by atoms with Crippen LogP contribution in [0.3, 0.4) is 0 Å². The van der Waals surface area contributed by atoms with Gasteiger partial charge in [-0.3, -0.25) is 4.79 Å². The topological polar surface area (TPSA) is 78.9 Å². The lowest BCUT2D eigenvalue weighted by Crippen LogP contribution is -2.26. The minimum absolute atomic E-state index is 0.770. The summed E-state index contributed by atoms with van der Waals surface area (Å²) in [6, 6.07) is 0. The molecule has 0 heterocycles. The van der Waals surface area contributed by atoms with Gasteiger partial charge >= 0.3 is 18.3 Å². The van der Waals surface area contributed by atoms with Gasteiger partial charge in [-0.05, 0) is 20.8 Å². The van der Waals surface area contributed by atoms with E-state index in [-0.39, 0.29) is 0 Å². The van der Waals surface area contributed by atoms with E-state index < -0.39 is 23.9 Å². The van der Waals surface area contributed by atoms with E-state index in [0.717, 1.165) is 6.92 Å². The highest BCUT2D eigenvalue weighted by molar-refractivity contribution is 5.85. The van der Waals surface area contributed by atoms with E-state index in [1.807, 2.05) is 0 Å². The Hall–Kier alpha value is -1.59. The van der Waals surface area contributed by atoms with E-state index >= 15 is 0 Å². The molecular formula is C8H12O6. The first-order chi connectivity index (χ1) is 6.20. The van der Waals surface area contributed by atoms with Gasteiger partial charge < -0.3 is 14.2 Å². The second kappa shape index (κ2) is 4.59. The standard InChI is InChI=1S/C8H12O6/c1-5(9)12-6(10)13-7(11)14-8(2,3)4/h1-4H3. The molecule has 0 aliphatic heterocycles. The summed E-state index contributed by atoms with van der Waals surface area (Å²) in [7, 11) is 0. The summed E-state index contributed by atoms with van der Waals surface area (Å²) in [6.45, 7) is 5.82. The Labute approximate surface area is 81.1 Å². The average molecular weight is 204 g/mol. The van der Waals surface area contributed by atoms with E-state index in [9.17, 15) is 14.4 Å². The van der Waals surface area contributed by atoms with Crippen LogP contribution in [0.15, 0.2) is 0 Å². The van der Waals surface area contributed by atoms with Gasteiger partial charge in [0, 0.05) is 6.92 Å². The van der Waals surface area contributed by atoms with Gasteiger partial charge in [0.15, 0.2) is 0 Å². The molecule has 14 heavy (non-hydrogen) atoms. The number of carbonyl (C=O) groups is 3. The summed E-state index contributed by atoms with van der Waals surface area (Å²) in [5, 5.41) is 0. The molecule has 0 fully saturated rings. The molecule has 0 aliphatic carbocycles. The van der Waals surface area contributed by atoms with Crippen molar-refractivity contribution in [2.45, 2.75) is 33.3 Å². The Morgan fingerprint density at radius 3 is 1.79 bits per heavy atom. The molecule has 0 rings (SSSR count). The molecule has 0 saturated carbocycles. The number of carbonyl (C=O) groups excluding carboxylic acids is 3. The molecule has 0 aromatic carbocycles. The molecule has 6 heteroatoms. The second-order valence-electron chi connectivity index (χ2n) is 3.41. The van der Waals surface area contributed by atoms with Crippen LogP contribution in [0.4, 0.5) is 9.59 Å². The average Bonchev–Trinajstić information content (AvgIpc) is 1.77. The van der Waals surface area contributed by atoms with Crippen LogP contribution in [0, 0.1) is 0 Å². The molecule has 0 N–H and O–H groups in total. The van der Waals surface area contributed by atoms with Gasteiger partial charge in [0.25, 0.3) is 0 Å². The van der Waals surface area contributed by atoms with Crippen LogP contribution in [0.2, 0.25) is 0 Å². The quantitative estimate of drug-likeness (QED) is 0.440. The minimum Gasteiger partial charge on any atom is -0.428 e. The molecule has 0 spiro atoms. The summed E-state index contributed by atoms with van der Waals surface area (Å²) in [4.78, 5) is 31.6. The Balaban J connectivity index is 3.96. The van der Waals surface area contributed by atoms with Crippen molar-refractivity contribution < 1.29 is 28.6 Å². The maximum Gasteiger partial charge on any atom is 0.526 e. The minimum atomic E-state index is -1.40. The van der Waals surface area contributed by atoms with E-state index in [0.29, 0.717) is 0 Å². The smallest absolute Gasteiger partial charge is 0.428 e. The molecule has 0 bridgehead atoms. The first-order valence-electron chi connectivity index (χ1n) is 3.84. The van der Waals surface area contributed by atoms with Gasteiger partial charge in [-0.25, -0.2) is 9.59 Å². The zero-order valence-corrected chi connectivity index (χ0v) is 8.45. The molecule has 0 unspecified atom stereocenters. The largest absolute Gasteiger partial charge is 0.526 e. The molecule has 0 atom stereocenters. The van der Waals surface area contributed by atoms with Crippen LogP contribution in [0.5, 0.6) is 0 Å². The number of rotatable bonds is 0.